The van der Waals surface area contributed by atoms with Gasteiger partial charge in [0.05, 0.1) is 16.8 Å². The molecule has 0 aliphatic heterocycles. The summed E-state index contributed by atoms with van der Waals surface area (Å²) in [5, 5.41) is 9.40. The van der Waals surface area contributed by atoms with E-state index in [0.29, 0.717) is 21.7 Å². The highest BCUT2D eigenvalue weighted by Gasteiger charge is 2.31. The fourth-order valence-corrected chi connectivity index (χ4v) is 4.11. The molecule has 4 aromatic rings. The first-order valence-corrected chi connectivity index (χ1v) is 10.6. The number of benzene rings is 3. The Kier molecular flexibility index (Phi) is 6.20. The van der Waals surface area contributed by atoms with Crippen molar-refractivity contribution in [2.45, 2.75) is 23.1 Å². The third-order valence-corrected chi connectivity index (χ3v) is 5.78. The molecule has 4 rings (SSSR count). The number of alkyl halides is 6. The zero-order valence-corrected chi connectivity index (χ0v) is 17.5. The Morgan fingerprint density at radius 3 is 2.12 bits per heavy atom. The second-order valence-electron chi connectivity index (χ2n) is 7.08. The summed E-state index contributed by atoms with van der Waals surface area (Å²) >= 11 is 1.23. The SMILES string of the molecule is FC(F)(F)c1cccc(CSc2[nH]c3ccccc3c2N=Nc2cccc(C(F)(F)F)c2)c1. The number of nitrogens with zero attached hydrogens (tertiary/aromatic N) is 2. The van der Waals surface area contributed by atoms with Crippen molar-refractivity contribution in [2.24, 2.45) is 10.2 Å². The highest BCUT2D eigenvalue weighted by atomic mass is 32.2. The van der Waals surface area contributed by atoms with Crippen LogP contribution in [0.2, 0.25) is 0 Å². The van der Waals surface area contributed by atoms with E-state index in [-0.39, 0.29) is 11.4 Å². The molecule has 0 saturated carbocycles. The standard InChI is InChI=1S/C23H15F6N3S/c24-22(25,26)15-6-3-5-14(11-15)13-33-21-20(18-9-1-2-10-19(18)30-21)32-31-17-8-4-7-16(12-17)23(27,28)29/h1-12,30H,13H2. The Morgan fingerprint density at radius 1 is 0.727 bits per heavy atom. The Bertz CT molecular complexity index is 1310. The molecular weight excluding hydrogens is 464 g/mol. The molecule has 0 unspecified atom stereocenters. The zero-order chi connectivity index (χ0) is 23.6. The quantitative estimate of drug-likeness (QED) is 0.173. The van der Waals surface area contributed by atoms with Crippen LogP contribution >= 0.6 is 11.8 Å². The minimum atomic E-state index is -4.50. The van der Waals surface area contributed by atoms with Gasteiger partial charge in [-0.3, -0.25) is 0 Å². The number of hydrogen-bond donors (Lipinski definition) is 1. The number of thioether (sulfide) groups is 1. The molecule has 0 amide bonds. The zero-order valence-electron chi connectivity index (χ0n) is 16.7. The molecule has 0 bridgehead atoms. The summed E-state index contributed by atoms with van der Waals surface area (Å²) in [6.45, 7) is 0. The number of fused-ring (bicyclic) bond motifs is 1. The van der Waals surface area contributed by atoms with Crippen molar-refractivity contribution in [2.75, 3.05) is 0 Å². The number of rotatable bonds is 5. The third kappa shape index (κ3) is 5.39. The first kappa shape index (κ1) is 22.9. The Morgan fingerprint density at radius 2 is 1.39 bits per heavy atom. The molecule has 0 aliphatic rings. The molecule has 0 radical (unpaired) electrons. The summed E-state index contributed by atoms with van der Waals surface area (Å²) in [6.07, 6.45) is -8.94. The molecule has 170 valence electrons. The van der Waals surface area contributed by atoms with Crippen molar-refractivity contribution >= 4 is 34.0 Å². The summed E-state index contributed by atoms with van der Waals surface area (Å²) in [5.74, 6) is 0.225. The van der Waals surface area contributed by atoms with Gasteiger partial charge in [0.25, 0.3) is 0 Å². The maximum atomic E-state index is 13.0. The van der Waals surface area contributed by atoms with Crippen LogP contribution in [0.1, 0.15) is 16.7 Å². The normalized spacial score (nSPS) is 12.7. The number of H-pyrrole nitrogens is 1. The van der Waals surface area contributed by atoms with Crippen LogP contribution in [0.15, 0.2) is 88.1 Å². The van der Waals surface area contributed by atoms with Gasteiger partial charge in [-0.1, -0.05) is 42.5 Å². The molecule has 0 saturated heterocycles. The number of nitrogens with one attached hydrogen (secondary N) is 1. The number of para-hydroxylation sites is 1. The molecule has 0 aliphatic carbocycles. The largest absolute Gasteiger partial charge is 0.416 e. The van der Waals surface area contributed by atoms with E-state index in [1.54, 1.807) is 30.3 Å². The first-order chi connectivity index (χ1) is 15.6. The van der Waals surface area contributed by atoms with Crippen LogP contribution in [0.25, 0.3) is 10.9 Å². The molecule has 1 heterocycles. The van der Waals surface area contributed by atoms with Crippen LogP contribution in [0, 0.1) is 0 Å². The van der Waals surface area contributed by atoms with E-state index in [4.69, 9.17) is 0 Å². The summed E-state index contributed by atoms with van der Waals surface area (Å²) in [4.78, 5) is 3.16. The molecule has 10 heteroatoms. The van der Waals surface area contributed by atoms with Gasteiger partial charge in [0.2, 0.25) is 0 Å². The molecule has 1 N–H and O–H groups in total. The second-order valence-corrected chi connectivity index (χ2v) is 8.07. The van der Waals surface area contributed by atoms with Crippen molar-refractivity contribution in [1.82, 2.24) is 4.98 Å². The lowest BCUT2D eigenvalue weighted by Crippen LogP contribution is -2.04. The van der Waals surface area contributed by atoms with Gasteiger partial charge in [0.1, 0.15) is 10.7 Å². The average molecular weight is 479 g/mol. The number of aromatic nitrogens is 1. The van der Waals surface area contributed by atoms with Crippen LogP contribution in [0.4, 0.5) is 37.7 Å². The topological polar surface area (TPSA) is 40.5 Å². The lowest BCUT2D eigenvalue weighted by atomic mass is 10.1. The van der Waals surface area contributed by atoms with E-state index in [1.807, 2.05) is 0 Å². The predicted molar refractivity (Wildman–Crippen MR) is 115 cm³/mol. The van der Waals surface area contributed by atoms with Crippen LogP contribution in [-0.4, -0.2) is 4.98 Å². The van der Waals surface area contributed by atoms with Crippen LogP contribution in [0.3, 0.4) is 0 Å². The predicted octanol–water partition coefficient (Wildman–Crippen LogP) is 8.91. The van der Waals surface area contributed by atoms with Gasteiger partial charge in [0, 0.05) is 16.7 Å². The van der Waals surface area contributed by atoms with Crippen molar-refractivity contribution in [3.8, 4) is 0 Å². The summed E-state index contributed by atoms with van der Waals surface area (Å²) in [6, 6.07) is 16.7. The monoisotopic (exact) mass is 479 g/mol. The highest BCUT2D eigenvalue weighted by molar-refractivity contribution is 7.98. The van der Waals surface area contributed by atoms with E-state index in [9.17, 15) is 26.3 Å². The van der Waals surface area contributed by atoms with E-state index < -0.39 is 23.5 Å². The van der Waals surface area contributed by atoms with Crippen molar-refractivity contribution in [3.05, 3.63) is 89.5 Å². The Balaban J connectivity index is 1.64. The molecule has 33 heavy (non-hydrogen) atoms. The van der Waals surface area contributed by atoms with Crippen molar-refractivity contribution in [1.29, 1.82) is 0 Å². The fourth-order valence-electron chi connectivity index (χ4n) is 3.15. The second kappa shape index (κ2) is 8.93. The van der Waals surface area contributed by atoms with E-state index >= 15 is 0 Å². The van der Waals surface area contributed by atoms with Crippen molar-refractivity contribution < 1.29 is 26.3 Å². The maximum Gasteiger partial charge on any atom is 0.416 e. The first-order valence-electron chi connectivity index (χ1n) is 9.60. The highest BCUT2D eigenvalue weighted by Crippen LogP contribution is 2.40. The lowest BCUT2D eigenvalue weighted by Gasteiger charge is -2.08. The van der Waals surface area contributed by atoms with Crippen LogP contribution in [-0.2, 0) is 18.1 Å². The van der Waals surface area contributed by atoms with Gasteiger partial charge < -0.3 is 4.98 Å². The molecule has 1 aromatic heterocycles. The van der Waals surface area contributed by atoms with Crippen LogP contribution in [0.5, 0.6) is 0 Å². The van der Waals surface area contributed by atoms with Gasteiger partial charge in [-0.15, -0.1) is 16.9 Å². The number of halogens is 6. The van der Waals surface area contributed by atoms with Crippen LogP contribution < -0.4 is 0 Å². The summed E-state index contributed by atoms with van der Waals surface area (Å²) in [5.41, 5.74) is 0.0546. The smallest absolute Gasteiger partial charge is 0.348 e. The Labute approximate surface area is 188 Å². The molecule has 0 atom stereocenters. The van der Waals surface area contributed by atoms with Crippen molar-refractivity contribution in [3.63, 3.8) is 0 Å². The maximum absolute atomic E-state index is 13.0. The molecule has 0 spiro atoms. The molecular formula is C23H15F6N3S. The van der Waals surface area contributed by atoms with Gasteiger partial charge in [-0.05, 0) is 35.9 Å². The molecule has 3 nitrogen and oxygen atoms in total. The summed E-state index contributed by atoms with van der Waals surface area (Å²) in [7, 11) is 0. The van der Waals surface area contributed by atoms with Gasteiger partial charge in [-0.2, -0.15) is 31.5 Å². The average Bonchev–Trinajstić information content (AvgIpc) is 3.13. The fraction of sp³-hybridized carbons (Fsp3) is 0.130. The number of hydrogen-bond acceptors (Lipinski definition) is 3. The third-order valence-electron chi connectivity index (χ3n) is 4.72. The van der Waals surface area contributed by atoms with Gasteiger partial charge in [0.15, 0.2) is 0 Å². The molecule has 3 aromatic carbocycles. The lowest BCUT2D eigenvalue weighted by molar-refractivity contribution is -0.138. The Hall–Kier alpha value is -3.27. The summed E-state index contributed by atoms with van der Waals surface area (Å²) < 4.78 is 77.9. The number of azo groups is 1. The van der Waals surface area contributed by atoms with E-state index in [2.05, 4.69) is 15.2 Å². The van der Waals surface area contributed by atoms with Gasteiger partial charge >= 0.3 is 12.4 Å². The number of aromatic amines is 1. The van der Waals surface area contributed by atoms with E-state index in [1.165, 1.54) is 30.0 Å². The minimum absolute atomic E-state index is 0.0314. The van der Waals surface area contributed by atoms with Gasteiger partial charge in [-0.25, -0.2) is 0 Å². The minimum Gasteiger partial charge on any atom is -0.348 e. The molecule has 0 fully saturated rings. The van der Waals surface area contributed by atoms with E-state index in [0.717, 1.165) is 29.8 Å².